The van der Waals surface area contributed by atoms with Crippen LogP contribution < -0.4 is 0 Å². The summed E-state index contributed by atoms with van der Waals surface area (Å²) >= 11 is 0. The summed E-state index contributed by atoms with van der Waals surface area (Å²) in [5, 5.41) is 19.4. The maximum absolute atomic E-state index is 9.69. The molecule has 0 radical (unpaired) electrons. The maximum Gasteiger partial charge on any atom is 0.118 e. The fourth-order valence-corrected chi connectivity index (χ4v) is 2.78. The second kappa shape index (κ2) is 9.14. The minimum atomic E-state index is 0.421. The number of hydrogen-bond acceptors (Lipinski definition) is 2. The van der Waals surface area contributed by atoms with Crippen molar-refractivity contribution >= 4 is 0 Å². The van der Waals surface area contributed by atoms with Gasteiger partial charge in [-0.1, -0.05) is 62.1 Å². The minimum Gasteiger partial charge on any atom is -0.508 e. The first-order valence-electron chi connectivity index (χ1n) is 8.31. The van der Waals surface area contributed by atoms with Crippen LogP contribution >= 0.6 is 0 Å². The lowest BCUT2D eigenvalue weighted by Gasteiger charge is -2.05. The van der Waals surface area contributed by atoms with Gasteiger partial charge in [-0.2, -0.15) is 0 Å². The van der Waals surface area contributed by atoms with Crippen LogP contribution in [0, 0.1) is 0 Å². The molecule has 0 spiro atoms. The van der Waals surface area contributed by atoms with E-state index in [4.69, 9.17) is 0 Å². The molecule has 0 unspecified atom stereocenters. The van der Waals surface area contributed by atoms with Gasteiger partial charge < -0.3 is 10.2 Å². The molecule has 2 aromatic carbocycles. The Balaban J connectivity index is 1.51. The number of phenols is 2. The van der Waals surface area contributed by atoms with Crippen LogP contribution in [0.25, 0.3) is 0 Å². The summed E-state index contributed by atoms with van der Waals surface area (Å²) in [6, 6.07) is 15.2. The zero-order valence-electron chi connectivity index (χ0n) is 13.2. The molecule has 0 aliphatic rings. The lowest BCUT2D eigenvalue weighted by Crippen LogP contribution is -1.89. The molecule has 0 aliphatic heterocycles. The van der Waals surface area contributed by atoms with Gasteiger partial charge in [0.1, 0.15) is 11.5 Å². The van der Waals surface area contributed by atoms with E-state index in [9.17, 15) is 10.2 Å². The average Bonchev–Trinajstić information content (AvgIpc) is 2.53. The number of para-hydroxylation sites is 2. The Bertz CT molecular complexity index is 512. The summed E-state index contributed by atoms with van der Waals surface area (Å²) in [5.74, 6) is 0.843. The highest BCUT2D eigenvalue weighted by molar-refractivity contribution is 5.32. The van der Waals surface area contributed by atoms with Crippen molar-refractivity contribution in [1.82, 2.24) is 0 Å². The van der Waals surface area contributed by atoms with Crippen LogP contribution in [0.15, 0.2) is 48.5 Å². The smallest absolute Gasteiger partial charge is 0.118 e. The van der Waals surface area contributed by atoms with E-state index in [2.05, 4.69) is 0 Å². The van der Waals surface area contributed by atoms with Gasteiger partial charge in [0.05, 0.1) is 0 Å². The van der Waals surface area contributed by atoms with Gasteiger partial charge in [0.25, 0.3) is 0 Å². The molecule has 2 aromatic rings. The summed E-state index contributed by atoms with van der Waals surface area (Å²) in [5.41, 5.74) is 2.11. The van der Waals surface area contributed by atoms with Crippen molar-refractivity contribution < 1.29 is 10.2 Å². The lowest BCUT2D eigenvalue weighted by molar-refractivity contribution is 0.464. The molecule has 2 nitrogen and oxygen atoms in total. The molecule has 118 valence electrons. The van der Waals surface area contributed by atoms with Crippen molar-refractivity contribution in [3.05, 3.63) is 59.7 Å². The number of phenolic OH excluding ortho intramolecular Hbond substituents is 2. The second-order valence-electron chi connectivity index (χ2n) is 5.88. The quantitative estimate of drug-likeness (QED) is 0.623. The van der Waals surface area contributed by atoms with Crippen LogP contribution in [-0.4, -0.2) is 10.2 Å². The van der Waals surface area contributed by atoms with Gasteiger partial charge in [0.2, 0.25) is 0 Å². The Hall–Kier alpha value is -1.96. The molecule has 0 aromatic heterocycles. The Morgan fingerprint density at radius 1 is 0.500 bits per heavy atom. The van der Waals surface area contributed by atoms with Crippen LogP contribution in [0.2, 0.25) is 0 Å². The van der Waals surface area contributed by atoms with Crippen molar-refractivity contribution in [3.63, 3.8) is 0 Å². The van der Waals surface area contributed by atoms with E-state index in [1.54, 1.807) is 12.1 Å². The van der Waals surface area contributed by atoms with Gasteiger partial charge in [0.15, 0.2) is 0 Å². The number of rotatable bonds is 9. The molecule has 22 heavy (non-hydrogen) atoms. The van der Waals surface area contributed by atoms with E-state index in [1.165, 1.54) is 25.7 Å². The van der Waals surface area contributed by atoms with Crippen molar-refractivity contribution in [2.75, 3.05) is 0 Å². The average molecular weight is 298 g/mol. The van der Waals surface area contributed by atoms with Crippen molar-refractivity contribution in [3.8, 4) is 11.5 Å². The monoisotopic (exact) mass is 298 g/mol. The molecule has 2 rings (SSSR count). The third kappa shape index (κ3) is 5.44. The Morgan fingerprint density at radius 3 is 1.27 bits per heavy atom. The zero-order valence-corrected chi connectivity index (χ0v) is 13.2. The largest absolute Gasteiger partial charge is 0.508 e. The predicted octanol–water partition coefficient (Wildman–Crippen LogP) is 5.22. The van der Waals surface area contributed by atoms with Gasteiger partial charge in [-0.3, -0.25) is 0 Å². The highest BCUT2D eigenvalue weighted by Crippen LogP contribution is 2.20. The highest BCUT2D eigenvalue weighted by atomic mass is 16.3. The Morgan fingerprint density at radius 2 is 0.864 bits per heavy atom. The lowest BCUT2D eigenvalue weighted by atomic mass is 10.0. The third-order valence-electron chi connectivity index (χ3n) is 4.13. The first kappa shape index (κ1) is 16.4. The molecule has 2 heteroatoms. The summed E-state index contributed by atoms with van der Waals surface area (Å²) in [4.78, 5) is 0. The molecule has 0 bridgehead atoms. The number of aryl methyl sites for hydroxylation is 2. The molecule has 2 N–H and O–H groups in total. The van der Waals surface area contributed by atoms with Crippen molar-refractivity contribution in [2.45, 2.75) is 51.4 Å². The fourth-order valence-electron chi connectivity index (χ4n) is 2.78. The minimum absolute atomic E-state index is 0.421. The summed E-state index contributed by atoms with van der Waals surface area (Å²) in [6.07, 6.45) is 9.11. The van der Waals surface area contributed by atoms with Crippen LogP contribution in [-0.2, 0) is 12.8 Å². The van der Waals surface area contributed by atoms with E-state index in [1.807, 2.05) is 36.4 Å². The van der Waals surface area contributed by atoms with Gasteiger partial charge in [-0.05, 0) is 48.9 Å². The molecule has 0 saturated heterocycles. The van der Waals surface area contributed by atoms with E-state index >= 15 is 0 Å². The van der Waals surface area contributed by atoms with Gasteiger partial charge in [0, 0.05) is 0 Å². The van der Waals surface area contributed by atoms with E-state index < -0.39 is 0 Å². The van der Waals surface area contributed by atoms with Crippen molar-refractivity contribution in [1.29, 1.82) is 0 Å². The van der Waals surface area contributed by atoms with E-state index in [0.717, 1.165) is 36.8 Å². The van der Waals surface area contributed by atoms with Crippen LogP contribution in [0.1, 0.15) is 49.7 Å². The van der Waals surface area contributed by atoms with Crippen molar-refractivity contribution in [2.24, 2.45) is 0 Å². The molecule has 0 aliphatic carbocycles. The van der Waals surface area contributed by atoms with Crippen LogP contribution in [0.3, 0.4) is 0 Å². The van der Waals surface area contributed by atoms with Gasteiger partial charge >= 0.3 is 0 Å². The topological polar surface area (TPSA) is 40.5 Å². The van der Waals surface area contributed by atoms with Crippen LogP contribution in [0.5, 0.6) is 11.5 Å². The molecule has 0 heterocycles. The van der Waals surface area contributed by atoms with Gasteiger partial charge in [-0.25, -0.2) is 0 Å². The fraction of sp³-hybridized carbons (Fsp3) is 0.400. The van der Waals surface area contributed by atoms with E-state index in [-0.39, 0.29) is 0 Å². The summed E-state index contributed by atoms with van der Waals surface area (Å²) in [6.45, 7) is 0. The highest BCUT2D eigenvalue weighted by Gasteiger charge is 2.01. The predicted molar refractivity (Wildman–Crippen MR) is 91.3 cm³/mol. The number of aromatic hydroxyl groups is 2. The molecule has 0 fully saturated rings. The standard InChI is InChI=1S/C20H26O2/c21-19-15-9-7-13-17(19)11-5-3-1-2-4-6-12-18-14-8-10-16-20(18)22/h7-10,13-16,21-22H,1-6,11-12H2. The first-order valence-corrected chi connectivity index (χ1v) is 8.31. The Labute approximate surface area is 133 Å². The SMILES string of the molecule is Oc1ccccc1CCCCCCCCc1ccccc1O. The molecule has 0 atom stereocenters. The second-order valence-corrected chi connectivity index (χ2v) is 5.88. The summed E-state index contributed by atoms with van der Waals surface area (Å²) < 4.78 is 0. The normalized spacial score (nSPS) is 10.7. The maximum atomic E-state index is 9.69. The Kier molecular flexibility index (Phi) is 6.82. The van der Waals surface area contributed by atoms with Gasteiger partial charge in [-0.15, -0.1) is 0 Å². The molecular weight excluding hydrogens is 272 g/mol. The number of unbranched alkanes of at least 4 members (excludes halogenated alkanes) is 5. The third-order valence-corrected chi connectivity index (χ3v) is 4.13. The first-order chi connectivity index (χ1) is 10.8. The molecule has 0 saturated carbocycles. The van der Waals surface area contributed by atoms with E-state index in [0.29, 0.717) is 11.5 Å². The number of benzene rings is 2. The zero-order chi connectivity index (χ0) is 15.6. The molecule has 0 amide bonds. The van der Waals surface area contributed by atoms with Crippen LogP contribution in [0.4, 0.5) is 0 Å². The molecular formula is C20H26O2. The summed E-state index contributed by atoms with van der Waals surface area (Å²) in [7, 11) is 0. The number of hydrogen-bond donors (Lipinski definition) is 2.